The molecule has 1 rings (SSSR count). The third-order valence-corrected chi connectivity index (χ3v) is 4.31. The van der Waals surface area contributed by atoms with Crippen LogP contribution < -0.4 is 5.73 Å². The van der Waals surface area contributed by atoms with Crippen LogP contribution in [0.3, 0.4) is 0 Å². The molecule has 0 aromatic heterocycles. The van der Waals surface area contributed by atoms with E-state index in [-0.39, 0.29) is 12.6 Å². The molecule has 0 bridgehead atoms. The summed E-state index contributed by atoms with van der Waals surface area (Å²) in [5.41, 5.74) is 6.04. The molecule has 1 saturated carbocycles. The van der Waals surface area contributed by atoms with Gasteiger partial charge in [-0.25, -0.2) is 0 Å². The normalized spacial score (nSPS) is 31.1. The van der Waals surface area contributed by atoms with E-state index in [0.29, 0.717) is 11.0 Å². The Labute approximate surface area is 90.1 Å². The minimum Gasteiger partial charge on any atom is -0.394 e. The van der Waals surface area contributed by atoms with Gasteiger partial charge < -0.3 is 15.9 Å². The second kappa shape index (κ2) is 6.67. The zero-order valence-electron chi connectivity index (χ0n) is 8.56. The van der Waals surface area contributed by atoms with E-state index in [1.807, 2.05) is 0 Å². The average Bonchev–Trinajstić information content (AvgIpc) is 2.39. The van der Waals surface area contributed by atoms with Crippen LogP contribution in [-0.2, 0) is 0 Å². The van der Waals surface area contributed by atoms with Crippen LogP contribution in [0.25, 0.3) is 0 Å². The van der Waals surface area contributed by atoms with Crippen LogP contribution in [0.15, 0.2) is 0 Å². The van der Waals surface area contributed by atoms with Crippen molar-refractivity contribution in [3.05, 3.63) is 0 Å². The molecule has 1 fully saturated rings. The first-order valence-corrected chi connectivity index (χ1v) is 6.45. The monoisotopic (exact) mass is 219 g/mol. The lowest BCUT2D eigenvalue weighted by Crippen LogP contribution is -2.32. The van der Waals surface area contributed by atoms with Crippen molar-refractivity contribution in [2.45, 2.75) is 49.5 Å². The van der Waals surface area contributed by atoms with E-state index in [0.717, 1.165) is 12.8 Å². The van der Waals surface area contributed by atoms with E-state index in [2.05, 4.69) is 0 Å². The average molecular weight is 219 g/mol. The maximum Gasteiger partial charge on any atom is 0.0861 e. The number of rotatable bonds is 4. The summed E-state index contributed by atoms with van der Waals surface area (Å²) in [6.07, 6.45) is 5.45. The molecule has 0 aromatic carbocycles. The lowest BCUT2D eigenvalue weighted by molar-refractivity contribution is 0.113. The molecule has 4 heteroatoms. The Bertz CT molecular complexity index is 157. The second-order valence-corrected chi connectivity index (χ2v) is 5.28. The van der Waals surface area contributed by atoms with Crippen molar-refractivity contribution in [3.63, 3.8) is 0 Å². The molecule has 0 saturated heterocycles. The van der Waals surface area contributed by atoms with Gasteiger partial charge in [-0.2, -0.15) is 11.8 Å². The Morgan fingerprint density at radius 1 is 1.29 bits per heavy atom. The van der Waals surface area contributed by atoms with E-state index in [9.17, 15) is 5.11 Å². The summed E-state index contributed by atoms with van der Waals surface area (Å²) in [6.45, 7) is -0.144. The SMILES string of the molecule is NC1CCCCCC1SCC(O)CO. The summed E-state index contributed by atoms with van der Waals surface area (Å²) >= 11 is 1.72. The molecule has 0 aliphatic heterocycles. The third kappa shape index (κ3) is 4.17. The number of aliphatic hydroxyl groups excluding tert-OH is 2. The minimum absolute atomic E-state index is 0.144. The highest BCUT2D eigenvalue weighted by Crippen LogP contribution is 2.27. The van der Waals surface area contributed by atoms with Crippen LogP contribution in [0.2, 0.25) is 0 Å². The summed E-state index contributed by atoms with van der Waals surface area (Å²) in [4.78, 5) is 0. The third-order valence-electron chi connectivity index (χ3n) is 2.72. The van der Waals surface area contributed by atoms with Gasteiger partial charge in [-0.15, -0.1) is 0 Å². The van der Waals surface area contributed by atoms with E-state index in [4.69, 9.17) is 10.8 Å². The molecule has 3 nitrogen and oxygen atoms in total. The zero-order chi connectivity index (χ0) is 10.4. The lowest BCUT2D eigenvalue weighted by atomic mass is 10.1. The topological polar surface area (TPSA) is 66.5 Å². The van der Waals surface area contributed by atoms with Crippen LogP contribution >= 0.6 is 11.8 Å². The van der Waals surface area contributed by atoms with Gasteiger partial charge in [-0.05, 0) is 12.8 Å². The molecule has 3 atom stereocenters. The largest absolute Gasteiger partial charge is 0.394 e. The number of hydrogen-bond acceptors (Lipinski definition) is 4. The molecule has 0 spiro atoms. The van der Waals surface area contributed by atoms with Crippen molar-refractivity contribution in [1.29, 1.82) is 0 Å². The lowest BCUT2D eigenvalue weighted by Gasteiger charge is -2.21. The highest BCUT2D eigenvalue weighted by molar-refractivity contribution is 8.00. The molecule has 4 N–H and O–H groups in total. The summed E-state index contributed by atoms with van der Waals surface area (Å²) in [5.74, 6) is 0.606. The molecule has 0 aromatic rings. The van der Waals surface area contributed by atoms with Crippen molar-refractivity contribution in [1.82, 2.24) is 0 Å². The number of nitrogens with two attached hydrogens (primary N) is 1. The molecule has 84 valence electrons. The van der Waals surface area contributed by atoms with Gasteiger partial charge in [0, 0.05) is 17.0 Å². The van der Waals surface area contributed by atoms with Gasteiger partial charge in [0.05, 0.1) is 12.7 Å². The second-order valence-electron chi connectivity index (χ2n) is 4.01. The fourth-order valence-electron chi connectivity index (χ4n) is 1.80. The van der Waals surface area contributed by atoms with Gasteiger partial charge >= 0.3 is 0 Å². The van der Waals surface area contributed by atoms with E-state index >= 15 is 0 Å². The van der Waals surface area contributed by atoms with Crippen molar-refractivity contribution in [3.8, 4) is 0 Å². The molecule has 1 aliphatic rings. The highest BCUT2D eigenvalue weighted by Gasteiger charge is 2.21. The van der Waals surface area contributed by atoms with Crippen LogP contribution in [0.4, 0.5) is 0 Å². The Balaban J connectivity index is 2.26. The standard InChI is InChI=1S/C10H21NO2S/c11-9-4-2-1-3-5-10(9)14-7-8(13)6-12/h8-10,12-13H,1-7,11H2. The van der Waals surface area contributed by atoms with E-state index < -0.39 is 6.10 Å². The van der Waals surface area contributed by atoms with Crippen LogP contribution in [0, 0.1) is 0 Å². The van der Waals surface area contributed by atoms with Crippen molar-refractivity contribution < 1.29 is 10.2 Å². The van der Waals surface area contributed by atoms with Crippen LogP contribution in [-0.4, -0.2) is 40.0 Å². The molecule has 3 unspecified atom stereocenters. The fourth-order valence-corrected chi connectivity index (χ4v) is 3.09. The van der Waals surface area contributed by atoms with Crippen molar-refractivity contribution in [2.24, 2.45) is 5.73 Å². The van der Waals surface area contributed by atoms with E-state index in [1.54, 1.807) is 11.8 Å². The van der Waals surface area contributed by atoms with Gasteiger partial charge in [-0.3, -0.25) is 0 Å². The highest BCUT2D eigenvalue weighted by atomic mass is 32.2. The maximum absolute atomic E-state index is 9.23. The fraction of sp³-hybridized carbons (Fsp3) is 1.00. The Hall–Kier alpha value is 0.230. The summed E-state index contributed by atoms with van der Waals surface area (Å²) < 4.78 is 0. The van der Waals surface area contributed by atoms with Gasteiger partial charge in [0.25, 0.3) is 0 Å². The molecular formula is C10H21NO2S. The molecule has 1 aliphatic carbocycles. The Morgan fingerprint density at radius 3 is 2.71 bits per heavy atom. The quantitative estimate of drug-likeness (QED) is 0.610. The molecule has 0 heterocycles. The van der Waals surface area contributed by atoms with Gasteiger partial charge in [-0.1, -0.05) is 19.3 Å². The Kier molecular flexibility index (Phi) is 5.86. The van der Waals surface area contributed by atoms with Crippen molar-refractivity contribution in [2.75, 3.05) is 12.4 Å². The van der Waals surface area contributed by atoms with Crippen LogP contribution in [0.5, 0.6) is 0 Å². The summed E-state index contributed by atoms with van der Waals surface area (Å²) in [7, 11) is 0. The molecule has 14 heavy (non-hydrogen) atoms. The number of hydrogen-bond donors (Lipinski definition) is 3. The zero-order valence-corrected chi connectivity index (χ0v) is 9.38. The first-order chi connectivity index (χ1) is 6.74. The van der Waals surface area contributed by atoms with Crippen LogP contribution in [0.1, 0.15) is 32.1 Å². The maximum atomic E-state index is 9.23. The predicted molar refractivity (Wildman–Crippen MR) is 60.4 cm³/mol. The number of aliphatic hydroxyl groups is 2. The first kappa shape index (κ1) is 12.3. The minimum atomic E-state index is -0.588. The van der Waals surface area contributed by atoms with Gasteiger partial charge in [0.1, 0.15) is 0 Å². The predicted octanol–water partition coefficient (Wildman–Crippen LogP) is 0.733. The van der Waals surface area contributed by atoms with Crippen molar-refractivity contribution >= 4 is 11.8 Å². The molecular weight excluding hydrogens is 198 g/mol. The molecule has 0 radical (unpaired) electrons. The van der Waals surface area contributed by atoms with Gasteiger partial charge in [0.15, 0.2) is 0 Å². The van der Waals surface area contributed by atoms with Gasteiger partial charge in [0.2, 0.25) is 0 Å². The summed E-state index contributed by atoms with van der Waals surface area (Å²) in [6, 6.07) is 0.272. The smallest absolute Gasteiger partial charge is 0.0861 e. The number of thioether (sulfide) groups is 1. The van der Waals surface area contributed by atoms with E-state index in [1.165, 1.54) is 19.3 Å². The Morgan fingerprint density at radius 2 is 2.00 bits per heavy atom. The first-order valence-electron chi connectivity index (χ1n) is 5.40. The summed E-state index contributed by atoms with van der Waals surface area (Å²) in [5, 5.41) is 18.4. The molecule has 0 amide bonds.